The predicted octanol–water partition coefficient (Wildman–Crippen LogP) is 4.87. The summed E-state index contributed by atoms with van der Waals surface area (Å²) in [6.07, 6.45) is 9.49. The normalized spacial score (nSPS) is 35.0. The monoisotopic (exact) mass is 437 g/mol. The van der Waals surface area contributed by atoms with Crippen molar-refractivity contribution in [3.05, 3.63) is 54.0 Å². The summed E-state index contributed by atoms with van der Waals surface area (Å²) in [5, 5.41) is 11.7. The number of benzene rings is 1. The van der Waals surface area contributed by atoms with Crippen molar-refractivity contribution in [2.45, 2.75) is 71.0 Å². The van der Waals surface area contributed by atoms with E-state index in [4.69, 9.17) is 4.74 Å². The summed E-state index contributed by atoms with van der Waals surface area (Å²) in [5.41, 5.74) is 1.43. The number of piperidine rings is 1. The van der Waals surface area contributed by atoms with Gasteiger partial charge in [0.25, 0.3) is 0 Å². The molecule has 1 N–H and O–H groups in total. The number of hydrogen-bond donors (Lipinski definition) is 1. The highest BCUT2D eigenvalue weighted by molar-refractivity contribution is 5.66. The number of carbonyl (C=O) groups is 1. The van der Waals surface area contributed by atoms with Gasteiger partial charge in [0.15, 0.2) is 0 Å². The van der Waals surface area contributed by atoms with E-state index in [0.29, 0.717) is 17.8 Å². The first-order chi connectivity index (χ1) is 15.3. The van der Waals surface area contributed by atoms with Gasteiger partial charge in [-0.15, -0.1) is 0 Å². The lowest BCUT2D eigenvalue weighted by molar-refractivity contribution is -0.148. The zero-order chi connectivity index (χ0) is 22.9. The minimum atomic E-state index is -1.03. The lowest BCUT2D eigenvalue weighted by Crippen LogP contribution is -2.56. The van der Waals surface area contributed by atoms with Crippen LogP contribution >= 0.6 is 0 Å². The van der Waals surface area contributed by atoms with Crippen LogP contribution in [0.15, 0.2) is 42.0 Å². The summed E-state index contributed by atoms with van der Waals surface area (Å²) >= 11 is 0. The zero-order valence-corrected chi connectivity index (χ0v) is 20.1. The number of aliphatic hydroxyl groups is 1. The van der Waals surface area contributed by atoms with Gasteiger partial charge in [0.2, 0.25) is 0 Å². The van der Waals surface area contributed by atoms with E-state index >= 15 is 0 Å². The molecule has 4 rings (SSSR count). The molecular weight excluding hydrogens is 398 g/mol. The van der Waals surface area contributed by atoms with Crippen LogP contribution in [0.4, 0.5) is 0 Å². The number of rotatable bonds is 5. The third-order valence-corrected chi connectivity index (χ3v) is 8.29. The first kappa shape index (κ1) is 23.5. The van der Waals surface area contributed by atoms with Crippen molar-refractivity contribution in [2.24, 2.45) is 23.7 Å². The fraction of sp³-hybridized carbons (Fsp3) is 0.643. The summed E-state index contributed by atoms with van der Waals surface area (Å²) in [7, 11) is 0. The second-order valence-corrected chi connectivity index (χ2v) is 10.5. The molecule has 4 nitrogen and oxygen atoms in total. The fourth-order valence-electron chi connectivity index (χ4n) is 6.32. The quantitative estimate of drug-likeness (QED) is 0.527. The summed E-state index contributed by atoms with van der Waals surface area (Å²) < 4.78 is 5.44. The van der Waals surface area contributed by atoms with Crippen molar-refractivity contribution in [3.63, 3.8) is 0 Å². The first-order valence-electron chi connectivity index (χ1n) is 12.4. The van der Waals surface area contributed by atoms with Gasteiger partial charge in [-0.05, 0) is 80.5 Å². The Kier molecular flexibility index (Phi) is 7.11. The van der Waals surface area contributed by atoms with Crippen LogP contribution in [0.25, 0.3) is 0 Å². The van der Waals surface area contributed by atoms with Crippen LogP contribution in [0.3, 0.4) is 0 Å². The third-order valence-electron chi connectivity index (χ3n) is 8.29. The van der Waals surface area contributed by atoms with Crippen LogP contribution < -0.4 is 0 Å². The fourth-order valence-corrected chi connectivity index (χ4v) is 6.32. The molecule has 1 saturated heterocycles. The number of ether oxygens (including phenoxy) is 1. The van der Waals surface area contributed by atoms with Crippen LogP contribution in [-0.2, 0) is 9.53 Å². The van der Waals surface area contributed by atoms with Crippen LogP contribution in [-0.4, -0.2) is 47.3 Å². The Labute approximate surface area is 194 Å². The van der Waals surface area contributed by atoms with Crippen LogP contribution in [0.5, 0.6) is 0 Å². The Hall–Kier alpha value is -1.65. The standard InChI is InChI=1S/C28H39NO3/c1-19-16-26-25(11-10-21(3)28(26,31)17-27(19)32-22(4)30)20(2)18-29-14-12-24(13-15-29)23-8-6-5-7-9-23/h5-9,16,20-21,24-27,31H,10-15,18H2,1-4H3/t20-,21-,25+,26-,27-,28-/m1/s1. The third kappa shape index (κ3) is 4.82. The molecule has 2 fully saturated rings. The number of carbonyl (C=O) groups excluding carboxylic acids is 1. The molecule has 1 aliphatic heterocycles. The van der Waals surface area contributed by atoms with Gasteiger partial charge in [0, 0.05) is 19.4 Å². The number of likely N-dealkylation sites (tertiary alicyclic amines) is 1. The molecule has 3 aliphatic rings. The van der Waals surface area contributed by atoms with E-state index in [1.165, 1.54) is 25.3 Å². The lowest BCUT2D eigenvalue weighted by Gasteiger charge is -2.53. The molecule has 0 spiro atoms. The van der Waals surface area contributed by atoms with E-state index in [1.807, 2.05) is 6.92 Å². The number of esters is 1. The summed E-state index contributed by atoms with van der Waals surface area (Å²) in [6.45, 7) is 11.2. The molecule has 2 radical (unpaired) electrons. The van der Waals surface area contributed by atoms with Crippen LogP contribution in [0.2, 0.25) is 0 Å². The highest BCUT2D eigenvalue weighted by Gasteiger charge is 2.53. The largest absolute Gasteiger partial charge is 0.457 e. The van der Waals surface area contributed by atoms with E-state index in [-0.39, 0.29) is 17.8 Å². The highest BCUT2D eigenvalue weighted by atomic mass is 16.5. The van der Waals surface area contributed by atoms with E-state index in [9.17, 15) is 9.90 Å². The Bertz CT molecular complexity index is 813. The molecule has 1 saturated carbocycles. The molecule has 1 heterocycles. The van der Waals surface area contributed by atoms with Crippen molar-refractivity contribution >= 4 is 5.97 Å². The van der Waals surface area contributed by atoms with E-state index in [2.05, 4.69) is 61.6 Å². The van der Waals surface area contributed by atoms with Gasteiger partial charge in [-0.2, -0.15) is 0 Å². The molecule has 1 aromatic rings. The highest BCUT2D eigenvalue weighted by Crippen LogP contribution is 2.51. The van der Waals surface area contributed by atoms with Gasteiger partial charge in [0.1, 0.15) is 6.10 Å². The summed E-state index contributed by atoms with van der Waals surface area (Å²) in [5.74, 6) is 1.39. The Morgan fingerprint density at radius 3 is 2.56 bits per heavy atom. The molecule has 6 atom stereocenters. The predicted molar refractivity (Wildman–Crippen MR) is 127 cm³/mol. The maximum absolute atomic E-state index is 11.7. The van der Waals surface area contributed by atoms with Gasteiger partial charge >= 0.3 is 5.97 Å². The molecule has 0 bridgehead atoms. The molecule has 32 heavy (non-hydrogen) atoms. The van der Waals surface area contributed by atoms with Crippen molar-refractivity contribution in [1.82, 2.24) is 4.90 Å². The molecule has 174 valence electrons. The van der Waals surface area contributed by atoms with Crippen molar-refractivity contribution in [1.29, 1.82) is 0 Å². The van der Waals surface area contributed by atoms with Gasteiger partial charge in [-0.25, -0.2) is 0 Å². The number of fused-ring (bicyclic) bond motifs is 1. The lowest BCUT2D eigenvalue weighted by atomic mass is 9.57. The van der Waals surface area contributed by atoms with Gasteiger partial charge in [-0.1, -0.05) is 50.3 Å². The average molecular weight is 438 g/mol. The molecule has 0 unspecified atom stereocenters. The minimum absolute atomic E-state index is 0.0370. The molecular formula is C28H39NO3. The zero-order valence-electron chi connectivity index (χ0n) is 20.1. The molecule has 2 aliphatic carbocycles. The average Bonchev–Trinajstić information content (AvgIpc) is 2.77. The van der Waals surface area contributed by atoms with E-state index < -0.39 is 11.7 Å². The summed E-state index contributed by atoms with van der Waals surface area (Å²) in [6, 6.07) is 10.9. The van der Waals surface area contributed by atoms with Crippen LogP contribution in [0.1, 0.15) is 64.9 Å². The maximum atomic E-state index is 11.7. The molecule has 4 heteroatoms. The Morgan fingerprint density at radius 2 is 1.91 bits per heavy atom. The van der Waals surface area contributed by atoms with Crippen molar-refractivity contribution in [3.8, 4) is 0 Å². The Balaban J connectivity index is 1.41. The van der Waals surface area contributed by atoms with Crippen LogP contribution in [0, 0.1) is 30.1 Å². The second kappa shape index (κ2) is 9.69. The van der Waals surface area contributed by atoms with Gasteiger partial charge in [-0.3, -0.25) is 4.79 Å². The second-order valence-electron chi connectivity index (χ2n) is 10.5. The number of nitrogens with zero attached hydrogens (tertiary/aromatic N) is 1. The molecule has 0 amide bonds. The van der Waals surface area contributed by atoms with E-state index in [0.717, 1.165) is 38.0 Å². The maximum Gasteiger partial charge on any atom is 0.303 e. The number of hydrogen-bond acceptors (Lipinski definition) is 4. The molecule has 1 aromatic carbocycles. The molecule has 0 aromatic heterocycles. The van der Waals surface area contributed by atoms with E-state index in [1.54, 1.807) is 0 Å². The first-order valence-corrected chi connectivity index (χ1v) is 12.4. The minimum Gasteiger partial charge on any atom is -0.457 e. The summed E-state index contributed by atoms with van der Waals surface area (Å²) in [4.78, 5) is 14.2. The SMILES string of the molecule is CC(=O)O[C@@H]1[C][C@@]2(O)[C@H](C)CC[C@@H]([C@H](C)CN3CCC(c4ccccc4)CC3)[C@H]2C=C1C. The topological polar surface area (TPSA) is 49.8 Å². The smallest absolute Gasteiger partial charge is 0.303 e. The van der Waals surface area contributed by atoms with Crippen molar-refractivity contribution < 1.29 is 14.6 Å². The van der Waals surface area contributed by atoms with Gasteiger partial charge in [0.05, 0.1) is 12.0 Å². The van der Waals surface area contributed by atoms with Crippen molar-refractivity contribution in [2.75, 3.05) is 19.6 Å². The Morgan fingerprint density at radius 1 is 1.22 bits per heavy atom. The van der Waals surface area contributed by atoms with Gasteiger partial charge < -0.3 is 14.7 Å².